The van der Waals surface area contributed by atoms with Gasteiger partial charge in [0.25, 0.3) is 0 Å². The van der Waals surface area contributed by atoms with E-state index in [9.17, 15) is 9.50 Å². The summed E-state index contributed by atoms with van der Waals surface area (Å²) in [6.07, 6.45) is -0.810. The normalized spacial score (nSPS) is 12.5. The quantitative estimate of drug-likeness (QED) is 0.880. The smallest absolute Gasteiger partial charge is 0.130 e. The van der Waals surface area contributed by atoms with E-state index in [0.717, 1.165) is 9.79 Å². The first-order valence-corrected chi connectivity index (χ1v) is 7.02. The predicted octanol–water partition coefficient (Wildman–Crippen LogP) is 4.65. The molecule has 0 aliphatic rings. The molecule has 0 amide bonds. The summed E-state index contributed by atoms with van der Waals surface area (Å²) < 4.78 is 13.8. The van der Waals surface area contributed by atoms with Crippen LogP contribution in [0.4, 0.5) is 4.39 Å². The summed E-state index contributed by atoms with van der Waals surface area (Å²) in [5, 5.41) is 9.71. The van der Waals surface area contributed by atoms with Crippen molar-refractivity contribution in [1.82, 2.24) is 0 Å². The van der Waals surface area contributed by atoms with Crippen LogP contribution >= 0.6 is 11.8 Å². The first kappa shape index (κ1) is 14.1. The molecule has 0 aromatic heterocycles. The highest BCUT2D eigenvalue weighted by molar-refractivity contribution is 7.99. The molecule has 0 fully saturated rings. The standard InChI is InChI=1S/C16H17FOS/c1-10-7-8-13(9-11(10)2)19-15-6-4-5-14(17)16(15)12(3)18/h4-9,12,18H,1-3H3/t12-/m0/s1. The van der Waals surface area contributed by atoms with Crippen molar-refractivity contribution in [2.75, 3.05) is 0 Å². The first-order chi connectivity index (χ1) is 8.99. The molecule has 100 valence electrons. The Kier molecular flexibility index (Phi) is 4.27. The van der Waals surface area contributed by atoms with Gasteiger partial charge in [0, 0.05) is 15.4 Å². The van der Waals surface area contributed by atoms with E-state index >= 15 is 0 Å². The molecule has 0 saturated carbocycles. The number of halogens is 1. The lowest BCUT2D eigenvalue weighted by Crippen LogP contribution is -1.98. The lowest BCUT2D eigenvalue weighted by Gasteiger charge is -2.13. The van der Waals surface area contributed by atoms with E-state index in [4.69, 9.17) is 0 Å². The fraction of sp³-hybridized carbons (Fsp3) is 0.250. The maximum atomic E-state index is 13.8. The van der Waals surface area contributed by atoms with Gasteiger partial charge in [-0.15, -0.1) is 0 Å². The number of aryl methyl sites for hydroxylation is 2. The zero-order chi connectivity index (χ0) is 14.0. The summed E-state index contributed by atoms with van der Waals surface area (Å²) >= 11 is 1.48. The first-order valence-electron chi connectivity index (χ1n) is 6.20. The Morgan fingerprint density at radius 3 is 2.47 bits per heavy atom. The molecule has 0 radical (unpaired) electrons. The highest BCUT2D eigenvalue weighted by Crippen LogP contribution is 2.35. The molecular formula is C16H17FOS. The van der Waals surface area contributed by atoms with Gasteiger partial charge in [0.1, 0.15) is 5.82 Å². The van der Waals surface area contributed by atoms with Crippen LogP contribution in [0.15, 0.2) is 46.2 Å². The molecule has 1 N–H and O–H groups in total. The van der Waals surface area contributed by atoms with E-state index in [-0.39, 0.29) is 5.82 Å². The molecule has 3 heteroatoms. The van der Waals surface area contributed by atoms with Crippen molar-refractivity contribution in [2.24, 2.45) is 0 Å². The Morgan fingerprint density at radius 1 is 1.11 bits per heavy atom. The predicted molar refractivity (Wildman–Crippen MR) is 77.1 cm³/mol. The van der Waals surface area contributed by atoms with E-state index in [0.29, 0.717) is 5.56 Å². The second kappa shape index (κ2) is 5.76. The Hall–Kier alpha value is -1.32. The molecule has 0 bridgehead atoms. The van der Waals surface area contributed by atoms with E-state index in [2.05, 4.69) is 26.0 Å². The molecule has 19 heavy (non-hydrogen) atoms. The molecule has 0 heterocycles. The van der Waals surface area contributed by atoms with Gasteiger partial charge in [-0.2, -0.15) is 0 Å². The third kappa shape index (κ3) is 3.17. The van der Waals surface area contributed by atoms with Crippen LogP contribution < -0.4 is 0 Å². The van der Waals surface area contributed by atoms with Gasteiger partial charge in [-0.25, -0.2) is 4.39 Å². The number of benzene rings is 2. The van der Waals surface area contributed by atoms with Crippen molar-refractivity contribution in [3.63, 3.8) is 0 Å². The molecular weight excluding hydrogens is 259 g/mol. The van der Waals surface area contributed by atoms with Gasteiger partial charge in [-0.1, -0.05) is 23.9 Å². The molecule has 1 nitrogen and oxygen atoms in total. The van der Waals surface area contributed by atoms with Crippen molar-refractivity contribution in [1.29, 1.82) is 0 Å². The molecule has 0 aliphatic heterocycles. The largest absolute Gasteiger partial charge is 0.389 e. The zero-order valence-electron chi connectivity index (χ0n) is 11.3. The SMILES string of the molecule is Cc1ccc(Sc2cccc(F)c2[C@H](C)O)cc1C. The molecule has 0 spiro atoms. The molecule has 2 rings (SSSR count). The van der Waals surface area contributed by atoms with Crippen molar-refractivity contribution < 1.29 is 9.50 Å². The minimum absolute atomic E-state index is 0.358. The van der Waals surface area contributed by atoms with E-state index in [1.165, 1.54) is 29.0 Å². The summed E-state index contributed by atoms with van der Waals surface area (Å²) in [6.45, 7) is 5.70. The fourth-order valence-corrected chi connectivity index (χ4v) is 3.07. The van der Waals surface area contributed by atoms with Crippen LogP contribution in [0, 0.1) is 19.7 Å². The lowest BCUT2D eigenvalue weighted by atomic mass is 10.1. The number of hydrogen-bond acceptors (Lipinski definition) is 2. The van der Waals surface area contributed by atoms with Crippen molar-refractivity contribution in [3.05, 3.63) is 58.9 Å². The van der Waals surface area contributed by atoms with Crippen molar-refractivity contribution in [2.45, 2.75) is 36.7 Å². The highest BCUT2D eigenvalue weighted by atomic mass is 32.2. The van der Waals surface area contributed by atoms with Crippen LogP contribution in [0.1, 0.15) is 29.7 Å². The summed E-state index contributed by atoms with van der Waals surface area (Å²) in [7, 11) is 0. The monoisotopic (exact) mass is 276 g/mol. The summed E-state index contributed by atoms with van der Waals surface area (Å²) in [5.74, 6) is -0.358. The van der Waals surface area contributed by atoms with Gasteiger partial charge in [0.05, 0.1) is 6.10 Å². The maximum Gasteiger partial charge on any atom is 0.130 e. The molecule has 1 atom stereocenters. The van der Waals surface area contributed by atoms with Gasteiger partial charge in [-0.3, -0.25) is 0 Å². The van der Waals surface area contributed by atoms with Crippen molar-refractivity contribution >= 4 is 11.8 Å². The molecule has 0 saturated heterocycles. The Labute approximate surface area is 117 Å². The van der Waals surface area contributed by atoms with Gasteiger partial charge in [0.2, 0.25) is 0 Å². The number of aliphatic hydroxyl groups excluding tert-OH is 1. The molecule has 2 aromatic rings. The number of aliphatic hydroxyl groups is 1. The number of hydrogen-bond donors (Lipinski definition) is 1. The minimum atomic E-state index is -0.810. The molecule has 2 aromatic carbocycles. The highest BCUT2D eigenvalue weighted by Gasteiger charge is 2.14. The second-order valence-electron chi connectivity index (χ2n) is 4.68. The summed E-state index contributed by atoms with van der Waals surface area (Å²) in [5.41, 5.74) is 2.81. The van der Waals surface area contributed by atoms with E-state index in [1.807, 2.05) is 12.1 Å². The maximum absolute atomic E-state index is 13.8. The van der Waals surface area contributed by atoms with Crippen LogP contribution in [0.5, 0.6) is 0 Å². The van der Waals surface area contributed by atoms with E-state index in [1.54, 1.807) is 13.0 Å². The van der Waals surface area contributed by atoms with Gasteiger partial charge in [-0.05, 0) is 56.2 Å². The number of rotatable bonds is 3. The van der Waals surface area contributed by atoms with Gasteiger partial charge in [0.15, 0.2) is 0 Å². The third-order valence-electron chi connectivity index (χ3n) is 3.14. The van der Waals surface area contributed by atoms with E-state index < -0.39 is 6.10 Å². The molecule has 0 unspecified atom stereocenters. The second-order valence-corrected chi connectivity index (χ2v) is 5.79. The third-order valence-corrected chi connectivity index (χ3v) is 4.20. The Balaban J connectivity index is 2.38. The summed E-state index contributed by atoms with van der Waals surface area (Å²) in [6, 6.07) is 11.0. The summed E-state index contributed by atoms with van der Waals surface area (Å²) in [4.78, 5) is 1.81. The minimum Gasteiger partial charge on any atom is -0.389 e. The average molecular weight is 276 g/mol. The fourth-order valence-electron chi connectivity index (χ4n) is 1.92. The van der Waals surface area contributed by atoms with Crippen molar-refractivity contribution in [3.8, 4) is 0 Å². The van der Waals surface area contributed by atoms with Crippen LogP contribution in [0.2, 0.25) is 0 Å². The van der Waals surface area contributed by atoms with Gasteiger partial charge < -0.3 is 5.11 Å². The Morgan fingerprint density at radius 2 is 1.84 bits per heavy atom. The van der Waals surface area contributed by atoms with Crippen LogP contribution in [0.25, 0.3) is 0 Å². The van der Waals surface area contributed by atoms with Crippen LogP contribution in [0.3, 0.4) is 0 Å². The average Bonchev–Trinajstić information content (AvgIpc) is 2.33. The Bertz CT molecular complexity index is 593. The van der Waals surface area contributed by atoms with Gasteiger partial charge >= 0.3 is 0 Å². The topological polar surface area (TPSA) is 20.2 Å². The zero-order valence-corrected chi connectivity index (χ0v) is 12.1. The lowest BCUT2D eigenvalue weighted by molar-refractivity contribution is 0.191. The van der Waals surface area contributed by atoms with Crippen LogP contribution in [-0.2, 0) is 0 Å². The van der Waals surface area contributed by atoms with Crippen LogP contribution in [-0.4, -0.2) is 5.11 Å². The molecule has 0 aliphatic carbocycles.